The highest BCUT2D eigenvalue weighted by Gasteiger charge is 2.09. The maximum Gasteiger partial charge on any atom is 0.234 e. The Labute approximate surface area is 128 Å². The van der Waals surface area contributed by atoms with Crippen molar-refractivity contribution in [1.29, 1.82) is 0 Å². The van der Waals surface area contributed by atoms with Gasteiger partial charge in [-0.15, -0.1) is 0 Å². The molecule has 0 fully saturated rings. The van der Waals surface area contributed by atoms with Crippen molar-refractivity contribution < 1.29 is 0 Å². The minimum atomic E-state index is 0.399. The topological polar surface area (TPSA) is 79.7 Å². The summed E-state index contributed by atoms with van der Waals surface area (Å²) in [5.74, 6) is 1.38. The first-order valence-electron chi connectivity index (χ1n) is 6.76. The summed E-state index contributed by atoms with van der Waals surface area (Å²) in [6.07, 6.45) is 4.76. The Balaban J connectivity index is 1.84. The Morgan fingerprint density at radius 3 is 2.55 bits per heavy atom. The predicted octanol–water partition coefficient (Wildman–Crippen LogP) is 2.48. The smallest absolute Gasteiger partial charge is 0.234 e. The van der Waals surface area contributed by atoms with Gasteiger partial charge in [0.15, 0.2) is 0 Å². The van der Waals surface area contributed by atoms with Crippen LogP contribution in [0.3, 0.4) is 0 Å². The average molecular weight is 293 g/mol. The van der Waals surface area contributed by atoms with E-state index in [1.165, 1.54) is 11.9 Å². The molecule has 1 N–H and O–H groups in total. The fourth-order valence-corrected chi connectivity index (χ4v) is 1.93. The highest BCUT2D eigenvalue weighted by molar-refractivity contribution is 5.58. The van der Waals surface area contributed by atoms with Crippen molar-refractivity contribution in [3.05, 3.63) is 54.6 Å². The quantitative estimate of drug-likeness (QED) is 0.791. The standard InChI is InChI=1S/C15H15N7/c1-11-5-3-6-12(9-11)22(2)15-19-10-18-14(21-15)20-13-16-7-4-8-17-13/h3-10H,1-2H3,(H,16,17,18,19,20,21). The molecular weight excluding hydrogens is 278 g/mol. The van der Waals surface area contributed by atoms with Crippen LogP contribution in [0.4, 0.5) is 23.5 Å². The fraction of sp³-hybridized carbons (Fsp3) is 0.133. The van der Waals surface area contributed by atoms with Crippen LogP contribution < -0.4 is 10.2 Å². The SMILES string of the molecule is Cc1cccc(N(C)c2ncnc(Nc3ncccn3)n2)c1. The van der Waals surface area contributed by atoms with Gasteiger partial charge in [0.05, 0.1) is 0 Å². The van der Waals surface area contributed by atoms with Crippen molar-refractivity contribution in [1.82, 2.24) is 24.9 Å². The molecule has 3 rings (SSSR count). The molecule has 7 heteroatoms. The summed E-state index contributed by atoms with van der Waals surface area (Å²) in [5, 5.41) is 2.95. The van der Waals surface area contributed by atoms with Gasteiger partial charge in [-0.2, -0.15) is 4.98 Å². The van der Waals surface area contributed by atoms with Crippen molar-refractivity contribution in [2.45, 2.75) is 6.92 Å². The minimum Gasteiger partial charge on any atom is -0.313 e. The van der Waals surface area contributed by atoms with Crippen LogP contribution in [0.2, 0.25) is 0 Å². The van der Waals surface area contributed by atoms with E-state index >= 15 is 0 Å². The van der Waals surface area contributed by atoms with Gasteiger partial charge in [0, 0.05) is 25.1 Å². The third-order valence-corrected chi connectivity index (χ3v) is 3.04. The van der Waals surface area contributed by atoms with E-state index in [0.717, 1.165) is 5.69 Å². The molecule has 0 aliphatic rings. The van der Waals surface area contributed by atoms with Crippen LogP contribution >= 0.6 is 0 Å². The van der Waals surface area contributed by atoms with Gasteiger partial charge in [0.1, 0.15) is 6.33 Å². The van der Waals surface area contributed by atoms with Gasteiger partial charge >= 0.3 is 0 Å². The number of rotatable bonds is 4. The highest BCUT2D eigenvalue weighted by Crippen LogP contribution is 2.21. The summed E-state index contributed by atoms with van der Waals surface area (Å²) in [6, 6.07) is 9.86. The normalized spacial score (nSPS) is 10.3. The van der Waals surface area contributed by atoms with E-state index in [4.69, 9.17) is 0 Å². The van der Waals surface area contributed by atoms with Crippen LogP contribution in [0.5, 0.6) is 0 Å². The van der Waals surface area contributed by atoms with Gasteiger partial charge in [0.25, 0.3) is 0 Å². The molecular formula is C15H15N7. The lowest BCUT2D eigenvalue weighted by Crippen LogP contribution is -2.14. The molecule has 1 aromatic carbocycles. The number of hydrogen-bond acceptors (Lipinski definition) is 7. The number of nitrogens with zero attached hydrogens (tertiary/aromatic N) is 6. The van der Waals surface area contributed by atoms with E-state index in [2.05, 4.69) is 36.3 Å². The van der Waals surface area contributed by atoms with Crippen LogP contribution in [0.15, 0.2) is 49.1 Å². The van der Waals surface area contributed by atoms with Crippen LogP contribution in [-0.2, 0) is 0 Å². The van der Waals surface area contributed by atoms with Crippen molar-refractivity contribution in [2.75, 3.05) is 17.3 Å². The first kappa shape index (κ1) is 13.9. The third kappa shape index (κ3) is 3.14. The van der Waals surface area contributed by atoms with Crippen LogP contribution in [0, 0.1) is 6.92 Å². The van der Waals surface area contributed by atoms with E-state index in [1.54, 1.807) is 18.5 Å². The second-order valence-electron chi connectivity index (χ2n) is 4.70. The zero-order chi connectivity index (χ0) is 15.4. The Hall–Kier alpha value is -3.09. The minimum absolute atomic E-state index is 0.399. The van der Waals surface area contributed by atoms with Crippen molar-refractivity contribution in [3.8, 4) is 0 Å². The van der Waals surface area contributed by atoms with Crippen molar-refractivity contribution >= 4 is 23.5 Å². The Kier molecular flexibility index (Phi) is 3.86. The molecule has 0 saturated heterocycles. The number of benzene rings is 1. The lowest BCUT2D eigenvalue weighted by molar-refractivity contribution is 0.983. The van der Waals surface area contributed by atoms with E-state index < -0.39 is 0 Å². The van der Waals surface area contributed by atoms with E-state index in [-0.39, 0.29) is 0 Å². The van der Waals surface area contributed by atoms with E-state index in [0.29, 0.717) is 17.8 Å². The van der Waals surface area contributed by atoms with Gasteiger partial charge in [-0.3, -0.25) is 5.32 Å². The number of hydrogen-bond donors (Lipinski definition) is 1. The second-order valence-corrected chi connectivity index (χ2v) is 4.70. The van der Waals surface area contributed by atoms with E-state index in [9.17, 15) is 0 Å². The van der Waals surface area contributed by atoms with Crippen molar-refractivity contribution in [2.24, 2.45) is 0 Å². The molecule has 7 nitrogen and oxygen atoms in total. The molecule has 22 heavy (non-hydrogen) atoms. The Morgan fingerprint density at radius 1 is 0.955 bits per heavy atom. The van der Waals surface area contributed by atoms with Gasteiger partial charge in [-0.05, 0) is 30.7 Å². The summed E-state index contributed by atoms with van der Waals surface area (Å²) < 4.78 is 0. The molecule has 0 amide bonds. The van der Waals surface area contributed by atoms with E-state index in [1.807, 2.05) is 37.1 Å². The Bertz CT molecular complexity index is 761. The largest absolute Gasteiger partial charge is 0.313 e. The van der Waals surface area contributed by atoms with Crippen LogP contribution in [0.1, 0.15) is 5.56 Å². The molecule has 0 saturated carbocycles. The lowest BCUT2D eigenvalue weighted by Gasteiger charge is -2.17. The maximum atomic E-state index is 4.39. The fourth-order valence-electron chi connectivity index (χ4n) is 1.93. The monoisotopic (exact) mass is 293 g/mol. The molecule has 0 aliphatic carbocycles. The summed E-state index contributed by atoms with van der Waals surface area (Å²) in [6.45, 7) is 2.05. The summed E-state index contributed by atoms with van der Waals surface area (Å²) >= 11 is 0. The van der Waals surface area contributed by atoms with Crippen LogP contribution in [0.25, 0.3) is 0 Å². The average Bonchev–Trinajstić information content (AvgIpc) is 2.55. The zero-order valence-corrected chi connectivity index (χ0v) is 12.3. The predicted molar refractivity (Wildman–Crippen MR) is 84.4 cm³/mol. The molecule has 110 valence electrons. The number of nitrogens with one attached hydrogen (secondary N) is 1. The number of aromatic nitrogens is 5. The summed E-state index contributed by atoms with van der Waals surface area (Å²) in [4.78, 5) is 22.7. The van der Waals surface area contributed by atoms with Gasteiger partial charge in [0.2, 0.25) is 17.8 Å². The van der Waals surface area contributed by atoms with Gasteiger partial charge in [-0.25, -0.2) is 19.9 Å². The molecule has 0 aliphatic heterocycles. The van der Waals surface area contributed by atoms with Gasteiger partial charge in [-0.1, -0.05) is 12.1 Å². The Morgan fingerprint density at radius 2 is 1.77 bits per heavy atom. The number of anilines is 4. The molecule has 0 bridgehead atoms. The number of aryl methyl sites for hydroxylation is 1. The molecule has 3 aromatic rings. The van der Waals surface area contributed by atoms with Gasteiger partial charge < -0.3 is 4.90 Å². The third-order valence-electron chi connectivity index (χ3n) is 3.04. The molecule has 0 unspecified atom stereocenters. The lowest BCUT2D eigenvalue weighted by atomic mass is 10.2. The van der Waals surface area contributed by atoms with Crippen LogP contribution in [-0.4, -0.2) is 32.0 Å². The van der Waals surface area contributed by atoms with Crippen molar-refractivity contribution in [3.63, 3.8) is 0 Å². The molecule has 0 atom stereocenters. The zero-order valence-electron chi connectivity index (χ0n) is 12.3. The molecule has 0 spiro atoms. The molecule has 0 radical (unpaired) electrons. The first-order chi connectivity index (χ1) is 10.7. The summed E-state index contributed by atoms with van der Waals surface area (Å²) in [7, 11) is 1.91. The maximum absolute atomic E-state index is 4.39. The first-order valence-corrected chi connectivity index (χ1v) is 6.76. The molecule has 2 aromatic heterocycles. The second kappa shape index (κ2) is 6.13. The highest BCUT2D eigenvalue weighted by atomic mass is 15.3. The summed E-state index contributed by atoms with van der Waals surface area (Å²) in [5.41, 5.74) is 2.18. The molecule has 2 heterocycles.